The first kappa shape index (κ1) is 14.8. The van der Waals surface area contributed by atoms with E-state index >= 15 is 0 Å². The van der Waals surface area contributed by atoms with Gasteiger partial charge >= 0.3 is 0 Å². The SMILES string of the molecule is NCC1CCCC1NC(=O)c1ccc(-c2ccc(F)cc2)o1. The van der Waals surface area contributed by atoms with Crippen LogP contribution in [-0.4, -0.2) is 18.5 Å². The number of carbonyl (C=O) groups excluding carboxylic acids is 1. The van der Waals surface area contributed by atoms with Crippen molar-refractivity contribution >= 4 is 5.91 Å². The predicted octanol–water partition coefficient (Wildman–Crippen LogP) is 2.94. The monoisotopic (exact) mass is 302 g/mol. The lowest BCUT2D eigenvalue weighted by atomic mass is 10.0. The van der Waals surface area contributed by atoms with Gasteiger partial charge in [-0.05, 0) is 61.7 Å². The summed E-state index contributed by atoms with van der Waals surface area (Å²) in [4.78, 5) is 12.3. The maximum Gasteiger partial charge on any atom is 0.287 e. The Bertz CT molecular complexity index is 651. The number of hydrogen-bond acceptors (Lipinski definition) is 3. The second-order valence-electron chi connectivity index (χ2n) is 5.68. The van der Waals surface area contributed by atoms with Crippen LogP contribution in [0.25, 0.3) is 11.3 Å². The van der Waals surface area contributed by atoms with E-state index in [1.807, 2.05) is 0 Å². The molecule has 0 aliphatic heterocycles. The Balaban J connectivity index is 1.70. The van der Waals surface area contributed by atoms with Crippen molar-refractivity contribution in [2.24, 2.45) is 11.7 Å². The lowest BCUT2D eigenvalue weighted by Gasteiger charge is -2.18. The molecular formula is C17H19FN2O2. The lowest BCUT2D eigenvalue weighted by Crippen LogP contribution is -2.39. The molecule has 1 amide bonds. The number of amides is 1. The fraction of sp³-hybridized carbons (Fsp3) is 0.353. The van der Waals surface area contributed by atoms with Gasteiger partial charge in [0.2, 0.25) is 0 Å². The van der Waals surface area contributed by atoms with E-state index in [4.69, 9.17) is 10.2 Å². The van der Waals surface area contributed by atoms with Gasteiger partial charge in [-0.2, -0.15) is 0 Å². The van der Waals surface area contributed by atoms with Crippen LogP contribution in [-0.2, 0) is 0 Å². The second-order valence-corrected chi connectivity index (χ2v) is 5.68. The third kappa shape index (κ3) is 3.04. The maximum absolute atomic E-state index is 12.9. The van der Waals surface area contributed by atoms with Crippen molar-refractivity contribution in [2.75, 3.05) is 6.54 Å². The van der Waals surface area contributed by atoms with Crippen LogP contribution in [0, 0.1) is 11.7 Å². The summed E-state index contributed by atoms with van der Waals surface area (Å²) in [5.41, 5.74) is 6.46. The first-order valence-corrected chi connectivity index (χ1v) is 7.54. The average molecular weight is 302 g/mol. The van der Waals surface area contributed by atoms with Gasteiger partial charge < -0.3 is 15.5 Å². The third-order valence-corrected chi connectivity index (χ3v) is 4.24. The molecule has 5 heteroatoms. The molecule has 1 saturated carbocycles. The molecule has 1 aliphatic rings. The average Bonchev–Trinajstić information content (AvgIpc) is 3.16. The lowest BCUT2D eigenvalue weighted by molar-refractivity contribution is 0.0901. The molecular weight excluding hydrogens is 283 g/mol. The zero-order valence-electron chi connectivity index (χ0n) is 12.2. The summed E-state index contributed by atoms with van der Waals surface area (Å²) < 4.78 is 18.5. The first-order valence-electron chi connectivity index (χ1n) is 7.54. The molecule has 0 radical (unpaired) electrons. The van der Waals surface area contributed by atoms with E-state index in [0.717, 1.165) is 24.8 Å². The molecule has 0 spiro atoms. The van der Waals surface area contributed by atoms with Gasteiger partial charge in [0.15, 0.2) is 5.76 Å². The van der Waals surface area contributed by atoms with Crippen molar-refractivity contribution in [3.8, 4) is 11.3 Å². The largest absolute Gasteiger partial charge is 0.451 e. The van der Waals surface area contributed by atoms with Gasteiger partial charge in [-0.3, -0.25) is 4.79 Å². The molecule has 0 saturated heterocycles. The van der Waals surface area contributed by atoms with E-state index in [-0.39, 0.29) is 23.5 Å². The molecule has 3 N–H and O–H groups in total. The summed E-state index contributed by atoms with van der Waals surface area (Å²) in [6.45, 7) is 0.587. The van der Waals surface area contributed by atoms with Gasteiger partial charge in [0, 0.05) is 11.6 Å². The van der Waals surface area contributed by atoms with Crippen molar-refractivity contribution in [1.29, 1.82) is 0 Å². The van der Waals surface area contributed by atoms with Gasteiger partial charge in [0.25, 0.3) is 5.91 Å². The van der Waals surface area contributed by atoms with Crippen molar-refractivity contribution in [2.45, 2.75) is 25.3 Å². The van der Waals surface area contributed by atoms with Crippen molar-refractivity contribution in [3.63, 3.8) is 0 Å². The van der Waals surface area contributed by atoms with Crippen LogP contribution in [0.4, 0.5) is 4.39 Å². The van der Waals surface area contributed by atoms with Crippen LogP contribution in [0.2, 0.25) is 0 Å². The first-order chi connectivity index (χ1) is 10.7. The zero-order valence-corrected chi connectivity index (χ0v) is 12.2. The molecule has 4 nitrogen and oxygen atoms in total. The van der Waals surface area contributed by atoms with E-state index < -0.39 is 0 Å². The molecule has 1 aliphatic carbocycles. The number of hydrogen-bond donors (Lipinski definition) is 2. The van der Waals surface area contributed by atoms with Crippen LogP contribution in [0.5, 0.6) is 0 Å². The molecule has 1 aromatic carbocycles. The van der Waals surface area contributed by atoms with Gasteiger partial charge in [-0.15, -0.1) is 0 Å². The molecule has 1 aromatic heterocycles. The number of furan rings is 1. The molecule has 2 aromatic rings. The molecule has 2 unspecified atom stereocenters. The molecule has 0 bridgehead atoms. The van der Waals surface area contributed by atoms with Crippen LogP contribution in [0.3, 0.4) is 0 Å². The fourth-order valence-electron chi connectivity index (χ4n) is 2.98. The van der Waals surface area contributed by atoms with Crippen LogP contribution in [0.1, 0.15) is 29.8 Å². The minimum atomic E-state index is -0.303. The van der Waals surface area contributed by atoms with E-state index in [0.29, 0.717) is 18.2 Å². The van der Waals surface area contributed by atoms with Crippen molar-refractivity contribution < 1.29 is 13.6 Å². The topological polar surface area (TPSA) is 68.3 Å². The van der Waals surface area contributed by atoms with Gasteiger partial charge in [-0.1, -0.05) is 6.42 Å². The van der Waals surface area contributed by atoms with E-state index in [1.54, 1.807) is 24.3 Å². The Labute approximate surface area is 128 Å². The molecule has 1 heterocycles. The summed E-state index contributed by atoms with van der Waals surface area (Å²) in [6.07, 6.45) is 3.10. The highest BCUT2D eigenvalue weighted by atomic mass is 19.1. The number of benzene rings is 1. The molecule has 22 heavy (non-hydrogen) atoms. The van der Waals surface area contributed by atoms with Crippen molar-refractivity contribution in [1.82, 2.24) is 5.32 Å². The Kier molecular flexibility index (Phi) is 4.24. The van der Waals surface area contributed by atoms with Gasteiger partial charge in [-0.25, -0.2) is 4.39 Å². The quantitative estimate of drug-likeness (QED) is 0.912. The number of nitrogens with one attached hydrogen (secondary N) is 1. The number of rotatable bonds is 4. The maximum atomic E-state index is 12.9. The fourth-order valence-corrected chi connectivity index (χ4v) is 2.98. The highest BCUT2D eigenvalue weighted by Crippen LogP contribution is 2.26. The summed E-state index contributed by atoms with van der Waals surface area (Å²) >= 11 is 0. The Hall–Kier alpha value is -2.14. The molecule has 116 valence electrons. The highest BCUT2D eigenvalue weighted by Gasteiger charge is 2.28. The smallest absolute Gasteiger partial charge is 0.287 e. The van der Waals surface area contributed by atoms with Gasteiger partial charge in [0.1, 0.15) is 11.6 Å². The predicted molar refractivity (Wildman–Crippen MR) is 81.8 cm³/mol. The Morgan fingerprint density at radius 2 is 2.00 bits per heavy atom. The number of carbonyl (C=O) groups is 1. The minimum Gasteiger partial charge on any atom is -0.451 e. The highest BCUT2D eigenvalue weighted by molar-refractivity contribution is 5.92. The molecule has 2 atom stereocenters. The summed E-state index contributed by atoms with van der Waals surface area (Å²) in [5, 5.41) is 3.00. The summed E-state index contributed by atoms with van der Waals surface area (Å²) in [6, 6.07) is 9.45. The molecule has 3 rings (SSSR count). The minimum absolute atomic E-state index is 0.122. The number of nitrogens with two attached hydrogens (primary N) is 1. The number of halogens is 1. The van der Waals surface area contributed by atoms with Crippen LogP contribution < -0.4 is 11.1 Å². The summed E-state index contributed by atoms with van der Waals surface area (Å²) in [7, 11) is 0. The Morgan fingerprint density at radius 1 is 1.23 bits per heavy atom. The standard InChI is InChI=1S/C17H19FN2O2/c18-13-6-4-11(5-7-13)15-8-9-16(22-15)17(21)20-14-3-1-2-12(14)10-19/h4-9,12,14H,1-3,10,19H2,(H,20,21). The van der Waals surface area contributed by atoms with Crippen LogP contribution >= 0.6 is 0 Å². The van der Waals surface area contributed by atoms with E-state index in [2.05, 4.69) is 5.32 Å². The van der Waals surface area contributed by atoms with Gasteiger partial charge in [0.05, 0.1) is 0 Å². The van der Waals surface area contributed by atoms with E-state index in [1.165, 1.54) is 12.1 Å². The second kappa shape index (κ2) is 6.32. The normalized spacial score (nSPS) is 21.0. The zero-order chi connectivity index (χ0) is 15.5. The van der Waals surface area contributed by atoms with Crippen molar-refractivity contribution in [3.05, 3.63) is 48.0 Å². The van der Waals surface area contributed by atoms with Crippen LogP contribution in [0.15, 0.2) is 40.8 Å². The van der Waals surface area contributed by atoms with E-state index in [9.17, 15) is 9.18 Å². The Morgan fingerprint density at radius 3 is 2.73 bits per heavy atom. The molecule has 1 fully saturated rings. The third-order valence-electron chi connectivity index (χ3n) is 4.24. The summed E-state index contributed by atoms with van der Waals surface area (Å²) in [5.74, 6) is 0.630.